The second kappa shape index (κ2) is 2.35. The maximum Gasteiger partial charge on any atom is 0.397 e. The van der Waals surface area contributed by atoms with E-state index in [1.807, 2.05) is 0 Å². The Bertz CT molecular complexity index is 68.2. The summed E-state index contributed by atoms with van der Waals surface area (Å²) in [6, 6.07) is 0. The van der Waals surface area contributed by atoms with Crippen LogP contribution in [0.1, 0.15) is 6.92 Å². The molecule has 4 heteroatoms. The zero-order valence-electron chi connectivity index (χ0n) is 4.29. The van der Waals surface area contributed by atoms with Gasteiger partial charge in [0.2, 0.25) is 0 Å². The van der Waals surface area contributed by atoms with Crippen LogP contribution in [0.15, 0.2) is 0 Å². The monoisotopic (exact) mass is 127 g/mol. The zero-order valence-corrected chi connectivity index (χ0v) is 4.29. The normalized spacial score (nSPS) is 12.8. The number of rotatable bonds is 1. The van der Waals surface area contributed by atoms with Crippen molar-refractivity contribution in [1.82, 2.24) is 0 Å². The van der Waals surface area contributed by atoms with Crippen molar-refractivity contribution in [2.45, 2.75) is 13.1 Å². The Labute approximate surface area is 45.1 Å². The fourth-order valence-corrected chi connectivity index (χ4v) is 0.0896. The molecule has 0 bridgehead atoms. The molecule has 0 saturated carbocycles. The molecule has 8 heavy (non-hydrogen) atoms. The van der Waals surface area contributed by atoms with Crippen LogP contribution < -0.4 is 0 Å². The van der Waals surface area contributed by atoms with Gasteiger partial charge in [0.1, 0.15) is 5.92 Å². The van der Waals surface area contributed by atoms with E-state index in [-0.39, 0.29) is 0 Å². The highest BCUT2D eigenvalue weighted by Crippen LogP contribution is 2.26. The quantitative estimate of drug-likeness (QED) is 0.559. The van der Waals surface area contributed by atoms with Crippen molar-refractivity contribution in [3.63, 3.8) is 0 Å². The Morgan fingerprint density at radius 3 is 1.88 bits per heavy atom. The van der Waals surface area contributed by atoms with Crippen LogP contribution in [0.2, 0.25) is 0 Å². The first-order chi connectivity index (χ1) is 3.48. The van der Waals surface area contributed by atoms with E-state index in [0.29, 0.717) is 0 Å². The predicted molar refractivity (Wildman–Crippen MR) is 22.1 cm³/mol. The molecule has 1 nitrogen and oxygen atoms in total. The topological polar surface area (TPSA) is 20.2 Å². The minimum atomic E-state index is -4.32. The average Bonchev–Trinajstić information content (AvgIpc) is 1.62. The summed E-state index contributed by atoms with van der Waals surface area (Å²) in [7, 11) is 0. The van der Waals surface area contributed by atoms with Gasteiger partial charge < -0.3 is 5.11 Å². The summed E-state index contributed by atoms with van der Waals surface area (Å²) in [6.45, 7) is -0.0660. The standard InChI is InChI=1S/C4H6F3O/c1-3(2-8)4(5,6)7/h8H,2H2,1H3. The molecule has 0 aromatic rings. The molecule has 0 aliphatic carbocycles. The molecule has 0 aliphatic rings. The van der Waals surface area contributed by atoms with Gasteiger partial charge in [-0.2, -0.15) is 13.2 Å². The third kappa shape index (κ3) is 2.16. The number of hydrogen-bond acceptors (Lipinski definition) is 1. The van der Waals surface area contributed by atoms with Crippen LogP contribution in [0, 0.1) is 5.92 Å². The molecule has 0 unspecified atom stereocenters. The summed E-state index contributed by atoms with van der Waals surface area (Å²) in [4.78, 5) is 0. The summed E-state index contributed by atoms with van der Waals surface area (Å²) in [6.07, 6.45) is -4.32. The van der Waals surface area contributed by atoms with E-state index in [0.717, 1.165) is 6.92 Å². The lowest BCUT2D eigenvalue weighted by atomic mass is 10.2. The highest BCUT2D eigenvalue weighted by atomic mass is 19.4. The van der Waals surface area contributed by atoms with Crippen molar-refractivity contribution in [3.05, 3.63) is 5.92 Å². The van der Waals surface area contributed by atoms with Gasteiger partial charge in [0.25, 0.3) is 0 Å². The second-order valence-corrected chi connectivity index (χ2v) is 1.44. The van der Waals surface area contributed by atoms with Crippen molar-refractivity contribution < 1.29 is 18.3 Å². The van der Waals surface area contributed by atoms with E-state index in [9.17, 15) is 13.2 Å². The summed E-state index contributed by atoms with van der Waals surface area (Å²) in [5, 5.41) is 7.91. The molecule has 49 valence electrons. The van der Waals surface area contributed by atoms with Gasteiger partial charge in [-0.1, -0.05) is 0 Å². The largest absolute Gasteiger partial charge is 0.397 e. The Morgan fingerprint density at radius 1 is 1.50 bits per heavy atom. The van der Waals surface area contributed by atoms with Crippen molar-refractivity contribution >= 4 is 0 Å². The van der Waals surface area contributed by atoms with Gasteiger partial charge in [-0.05, 0) is 6.92 Å². The Hall–Kier alpha value is -0.250. The maximum atomic E-state index is 11.3. The summed E-state index contributed by atoms with van der Waals surface area (Å²) < 4.78 is 33.8. The molecule has 0 fully saturated rings. The predicted octanol–water partition coefficient (Wildman–Crippen LogP) is 1.14. The molecule has 0 spiro atoms. The van der Waals surface area contributed by atoms with Crippen molar-refractivity contribution in [2.24, 2.45) is 0 Å². The van der Waals surface area contributed by atoms with Gasteiger partial charge in [0.05, 0.1) is 6.61 Å². The Kier molecular flexibility index (Phi) is 2.27. The minimum absolute atomic E-state index is 0.847. The van der Waals surface area contributed by atoms with Gasteiger partial charge in [0, 0.05) is 0 Å². The molecule has 1 N–H and O–H groups in total. The lowest BCUT2D eigenvalue weighted by Gasteiger charge is -2.09. The molecule has 1 radical (unpaired) electrons. The molecular weight excluding hydrogens is 121 g/mol. The molecular formula is C4H6F3O. The molecule has 0 rings (SSSR count). The highest BCUT2D eigenvalue weighted by molar-refractivity contribution is 4.91. The third-order valence-corrected chi connectivity index (χ3v) is 0.721. The van der Waals surface area contributed by atoms with E-state index in [4.69, 9.17) is 5.11 Å². The highest BCUT2D eigenvalue weighted by Gasteiger charge is 2.35. The molecule has 0 aromatic heterocycles. The number of halogens is 3. The molecule has 0 aliphatic heterocycles. The van der Waals surface area contributed by atoms with Crippen LogP contribution in [0.25, 0.3) is 0 Å². The van der Waals surface area contributed by atoms with E-state index < -0.39 is 18.7 Å². The summed E-state index contributed by atoms with van der Waals surface area (Å²) in [5.74, 6) is -0.863. The van der Waals surface area contributed by atoms with Crippen LogP contribution in [0.5, 0.6) is 0 Å². The number of aliphatic hydroxyl groups excluding tert-OH is 1. The van der Waals surface area contributed by atoms with Crippen LogP contribution in [-0.2, 0) is 0 Å². The van der Waals surface area contributed by atoms with Gasteiger partial charge in [-0.3, -0.25) is 0 Å². The van der Waals surface area contributed by atoms with Gasteiger partial charge in [-0.15, -0.1) is 0 Å². The SMILES string of the molecule is C[C](CO)C(F)(F)F. The van der Waals surface area contributed by atoms with Crippen molar-refractivity contribution in [2.75, 3.05) is 6.61 Å². The summed E-state index contributed by atoms with van der Waals surface area (Å²) >= 11 is 0. The lowest BCUT2D eigenvalue weighted by molar-refractivity contribution is -0.119. The maximum absolute atomic E-state index is 11.3. The van der Waals surface area contributed by atoms with Crippen LogP contribution >= 0.6 is 0 Å². The van der Waals surface area contributed by atoms with Crippen LogP contribution in [0.4, 0.5) is 13.2 Å². The van der Waals surface area contributed by atoms with Crippen molar-refractivity contribution in [1.29, 1.82) is 0 Å². The zero-order chi connectivity index (χ0) is 6.78. The molecule has 0 amide bonds. The number of aliphatic hydroxyl groups is 1. The molecule has 0 aromatic carbocycles. The Balaban J connectivity index is 3.62. The number of hydrogen-bond donors (Lipinski definition) is 1. The fourth-order valence-electron chi connectivity index (χ4n) is 0.0896. The first-order valence-corrected chi connectivity index (χ1v) is 1.99. The first kappa shape index (κ1) is 7.75. The fraction of sp³-hybridized carbons (Fsp3) is 0.750. The van der Waals surface area contributed by atoms with E-state index in [2.05, 4.69) is 0 Å². The van der Waals surface area contributed by atoms with Crippen LogP contribution in [0.3, 0.4) is 0 Å². The van der Waals surface area contributed by atoms with Gasteiger partial charge >= 0.3 is 6.18 Å². The van der Waals surface area contributed by atoms with Crippen molar-refractivity contribution in [3.8, 4) is 0 Å². The smallest absolute Gasteiger partial charge is 0.395 e. The molecule has 0 atom stereocenters. The summed E-state index contributed by atoms with van der Waals surface area (Å²) in [5.41, 5.74) is 0. The third-order valence-electron chi connectivity index (χ3n) is 0.721. The van der Waals surface area contributed by atoms with Crippen LogP contribution in [-0.4, -0.2) is 17.9 Å². The minimum Gasteiger partial charge on any atom is -0.395 e. The van der Waals surface area contributed by atoms with Gasteiger partial charge in [0.15, 0.2) is 0 Å². The number of alkyl halides is 3. The second-order valence-electron chi connectivity index (χ2n) is 1.44. The average molecular weight is 127 g/mol. The Morgan fingerprint density at radius 2 is 1.88 bits per heavy atom. The van der Waals surface area contributed by atoms with E-state index in [1.165, 1.54) is 0 Å². The molecule has 0 heterocycles. The first-order valence-electron chi connectivity index (χ1n) is 1.99. The molecule has 0 saturated heterocycles. The van der Waals surface area contributed by atoms with E-state index >= 15 is 0 Å². The van der Waals surface area contributed by atoms with E-state index in [1.54, 1.807) is 0 Å². The van der Waals surface area contributed by atoms with Gasteiger partial charge in [-0.25, -0.2) is 0 Å². The lowest BCUT2D eigenvalue weighted by Crippen LogP contribution is -2.20.